The number of ether oxygens (including phenoxy) is 4. The van der Waals surface area contributed by atoms with Gasteiger partial charge in [0, 0.05) is 30.3 Å². The molecule has 1 fully saturated rings. The van der Waals surface area contributed by atoms with Gasteiger partial charge in [-0.2, -0.15) is 5.26 Å². The summed E-state index contributed by atoms with van der Waals surface area (Å²) in [4.78, 5) is 31.5. The molecule has 3 aromatic carbocycles. The minimum absolute atomic E-state index is 0.0209. The molecule has 1 unspecified atom stereocenters. The van der Waals surface area contributed by atoms with Gasteiger partial charge in [-0.1, -0.05) is 273 Å². The molecule has 2 heterocycles. The number of nitrogens with zero attached hydrogens (tertiary/aromatic N) is 5. The van der Waals surface area contributed by atoms with E-state index in [2.05, 4.69) is 81.2 Å². The fourth-order valence-electron chi connectivity index (χ4n) is 13.3. The van der Waals surface area contributed by atoms with Crippen LogP contribution in [-0.4, -0.2) is 90.1 Å². The summed E-state index contributed by atoms with van der Waals surface area (Å²) >= 11 is 0. The minimum Gasteiger partial charge on any atom is -0.497 e. The van der Waals surface area contributed by atoms with Crippen LogP contribution in [0.15, 0.2) is 94.6 Å². The lowest BCUT2D eigenvalue weighted by Crippen LogP contribution is -2.42. The Hall–Kier alpha value is -4.82. The van der Waals surface area contributed by atoms with Crippen molar-refractivity contribution in [2.75, 3.05) is 47.1 Å². The first kappa shape index (κ1) is 79.9. The van der Waals surface area contributed by atoms with Gasteiger partial charge in [0.05, 0.1) is 59.1 Å². The molecule has 94 heavy (non-hydrogen) atoms. The Balaban J connectivity index is 1.32. The van der Waals surface area contributed by atoms with Crippen molar-refractivity contribution in [1.82, 2.24) is 18.7 Å². The molecule has 5 rings (SSSR count). The number of methoxy groups -OCH3 is 2. The van der Waals surface area contributed by atoms with E-state index in [1.165, 1.54) is 202 Å². The van der Waals surface area contributed by atoms with E-state index in [1.807, 2.05) is 66.7 Å². The van der Waals surface area contributed by atoms with Crippen molar-refractivity contribution in [1.29, 1.82) is 5.26 Å². The van der Waals surface area contributed by atoms with Crippen molar-refractivity contribution in [2.45, 2.75) is 309 Å². The zero-order chi connectivity index (χ0) is 67.4. The van der Waals surface area contributed by atoms with Crippen LogP contribution in [-0.2, 0) is 30.7 Å². The van der Waals surface area contributed by atoms with E-state index in [-0.39, 0.29) is 50.2 Å². The van der Waals surface area contributed by atoms with Crippen LogP contribution in [0.4, 0.5) is 0 Å². The van der Waals surface area contributed by atoms with E-state index in [0.29, 0.717) is 23.6 Å². The third kappa shape index (κ3) is 28.3. The van der Waals surface area contributed by atoms with Crippen LogP contribution in [0.1, 0.15) is 288 Å². The number of nitriles is 1. The maximum absolute atomic E-state index is 14.9. The molecule has 0 radical (unpaired) electrons. The van der Waals surface area contributed by atoms with Crippen LogP contribution in [0, 0.1) is 30.1 Å². The number of benzene rings is 3. The largest absolute Gasteiger partial charge is 0.497 e. The first-order valence-corrected chi connectivity index (χ1v) is 38.4. The second kappa shape index (κ2) is 48.0. The number of aromatic nitrogens is 2. The van der Waals surface area contributed by atoms with Gasteiger partial charge in [-0.05, 0) is 102 Å². The summed E-state index contributed by atoms with van der Waals surface area (Å²) < 4.78 is 44.4. The Kier molecular flexibility index (Phi) is 40.8. The number of rotatable bonds is 53. The van der Waals surface area contributed by atoms with Crippen LogP contribution >= 0.6 is 8.53 Å². The van der Waals surface area contributed by atoms with Crippen LogP contribution in [0.3, 0.4) is 0 Å². The lowest BCUT2D eigenvalue weighted by molar-refractivity contribution is -0.0927. The molecule has 4 atom stereocenters. The fraction of sp³-hybridized carbons (Fsp3) is 0.688. The first-order valence-electron chi connectivity index (χ1n) is 37.3. The van der Waals surface area contributed by atoms with Crippen molar-refractivity contribution < 1.29 is 28.0 Å². The van der Waals surface area contributed by atoms with Crippen LogP contribution in [0.25, 0.3) is 0 Å². The van der Waals surface area contributed by atoms with Gasteiger partial charge in [0.25, 0.3) is 14.1 Å². The average Bonchev–Trinajstić information content (AvgIpc) is 0.966. The monoisotopic (exact) mass is 1320 g/mol. The van der Waals surface area contributed by atoms with E-state index in [9.17, 15) is 14.9 Å². The highest BCUT2D eigenvalue weighted by molar-refractivity contribution is 7.44. The zero-order valence-corrected chi connectivity index (χ0v) is 61.1. The molecule has 14 heteroatoms. The standard InChI is InChI=1S/C80H126N5O8P/c1-10-12-14-16-18-20-22-24-26-28-30-32-34-36-38-43-59-82(60-44-39-37-35-33-31-29-27-25-23-21-19-17-15-13-11-2)61-45-46-62-83-78(86)69(7)65-84(79(83)87)77-64-75(93-94(91-63-47-58-81)85(67(3)4)68(5)6)76(92-77)66-90-80(70-48-41-40-42-49-70,71-50-54-73(88-8)55-51-71)72-52-56-74(89-9)57-53-72/h40-42,48-57,65,67-68,75-77H,10-39,43-44,47,59-64,66H2,1-9H3/t75-,76+,77+,94?/m0/s1. The molecule has 524 valence electrons. The number of hydrogen-bond acceptors (Lipinski definition) is 11. The molecular formula is C80H126N5O8P. The summed E-state index contributed by atoms with van der Waals surface area (Å²) in [6, 6.07) is 28.2. The van der Waals surface area contributed by atoms with Gasteiger partial charge in [0.2, 0.25) is 0 Å². The number of hydrogen-bond donors (Lipinski definition) is 0. The smallest absolute Gasteiger partial charge is 0.333 e. The highest BCUT2D eigenvalue weighted by Gasteiger charge is 2.45. The lowest BCUT2D eigenvalue weighted by atomic mass is 9.80. The van der Waals surface area contributed by atoms with Crippen molar-refractivity contribution in [3.05, 3.63) is 128 Å². The molecular weight excluding hydrogens is 1190 g/mol. The van der Waals surface area contributed by atoms with Gasteiger partial charge < -0.3 is 28.0 Å². The Morgan fingerprint density at radius 1 is 0.596 bits per heavy atom. The summed E-state index contributed by atoms with van der Waals surface area (Å²) in [7, 11) is 1.56. The second-order valence-electron chi connectivity index (χ2n) is 27.0. The van der Waals surface area contributed by atoms with Gasteiger partial charge >= 0.3 is 5.69 Å². The van der Waals surface area contributed by atoms with Gasteiger partial charge in [-0.25, -0.2) is 14.0 Å². The lowest BCUT2D eigenvalue weighted by Gasteiger charge is -2.39. The van der Waals surface area contributed by atoms with E-state index >= 15 is 0 Å². The normalized spacial score (nSPS) is 15.3. The van der Waals surface area contributed by atoms with E-state index in [4.69, 9.17) is 28.0 Å². The predicted octanol–water partition coefficient (Wildman–Crippen LogP) is 20.1. The molecule has 0 aliphatic carbocycles. The Labute approximate surface area is 571 Å². The molecule has 1 aromatic heterocycles. The van der Waals surface area contributed by atoms with Crippen molar-refractivity contribution in [2.24, 2.45) is 0 Å². The molecule has 0 bridgehead atoms. The molecule has 0 spiro atoms. The molecule has 1 aliphatic heterocycles. The zero-order valence-electron chi connectivity index (χ0n) is 60.2. The SMILES string of the molecule is CCCCCCCCCCCCCCCCCCN(CC#CCn1c(=O)c(C)cn([C@H]2C[C@H](OP(OCCC#N)N(C(C)C)C(C)C)[C@@H](COC(c3ccccc3)(c3ccc(OC)cc3)c3ccc(OC)cc3)O2)c1=O)CCCCCCCCCCCCCCCCCC. The van der Waals surface area contributed by atoms with Crippen molar-refractivity contribution in [3.8, 4) is 29.4 Å². The molecule has 13 nitrogen and oxygen atoms in total. The molecule has 0 saturated carbocycles. The predicted molar refractivity (Wildman–Crippen MR) is 390 cm³/mol. The topological polar surface area (TPSA) is 130 Å². The Morgan fingerprint density at radius 3 is 1.44 bits per heavy atom. The van der Waals surface area contributed by atoms with E-state index in [1.54, 1.807) is 27.3 Å². The van der Waals surface area contributed by atoms with Crippen LogP contribution in [0.5, 0.6) is 11.5 Å². The summed E-state index contributed by atoms with van der Waals surface area (Å²) in [5, 5.41) is 9.61. The van der Waals surface area contributed by atoms with Crippen molar-refractivity contribution in [3.63, 3.8) is 0 Å². The van der Waals surface area contributed by atoms with Gasteiger partial charge in [-0.15, -0.1) is 0 Å². The van der Waals surface area contributed by atoms with Crippen LogP contribution < -0.4 is 20.7 Å². The third-order valence-electron chi connectivity index (χ3n) is 18.7. The molecule has 0 amide bonds. The Morgan fingerprint density at radius 2 is 1.02 bits per heavy atom. The van der Waals surface area contributed by atoms with Gasteiger partial charge in [0.1, 0.15) is 29.4 Å². The summed E-state index contributed by atoms with van der Waals surface area (Å²) in [6.07, 6.45) is 43.0. The molecule has 1 saturated heterocycles. The van der Waals surface area contributed by atoms with Gasteiger partial charge in [-0.3, -0.25) is 14.3 Å². The summed E-state index contributed by atoms with van der Waals surface area (Å²) in [6.45, 7) is 17.5. The van der Waals surface area contributed by atoms with E-state index in [0.717, 1.165) is 42.6 Å². The molecule has 0 N–H and O–H groups in total. The quantitative estimate of drug-likeness (QED) is 0.0181. The minimum atomic E-state index is -1.74. The first-order chi connectivity index (χ1) is 45.9. The summed E-state index contributed by atoms with van der Waals surface area (Å²) in [5.41, 5.74) is 0.960. The second-order valence-corrected chi connectivity index (χ2v) is 28.4. The number of unbranched alkanes of at least 4 members (excludes halogenated alkanes) is 30. The fourth-order valence-corrected chi connectivity index (χ4v) is 15.0. The van der Waals surface area contributed by atoms with Crippen molar-refractivity contribution >= 4 is 8.53 Å². The number of aryl methyl sites for hydroxylation is 1. The van der Waals surface area contributed by atoms with Gasteiger partial charge in [0.15, 0.2) is 0 Å². The van der Waals surface area contributed by atoms with Crippen LogP contribution in [0.2, 0.25) is 0 Å². The third-order valence-corrected chi connectivity index (χ3v) is 20.9. The highest BCUT2D eigenvalue weighted by atomic mass is 31.2. The highest BCUT2D eigenvalue weighted by Crippen LogP contribution is 2.51. The average molecular weight is 1320 g/mol. The maximum atomic E-state index is 14.9. The van der Waals surface area contributed by atoms with E-state index < -0.39 is 38.3 Å². The Bertz CT molecular complexity index is 2730. The molecule has 4 aromatic rings. The maximum Gasteiger partial charge on any atom is 0.333 e. The molecule has 1 aliphatic rings. The summed E-state index contributed by atoms with van der Waals surface area (Å²) in [5.74, 6) is 8.12.